The standard InChI is InChI=1S/C16H11BrFN5O/c17-12-6-9(23-15(12)16(19)20-8-21-23)5-10-7-14(22-24-10)11-3-1-2-4-13(11)18/h1-4,6-8H,5H2,(H2,19,20,21). The molecule has 0 fully saturated rings. The number of halogens is 2. The maximum absolute atomic E-state index is 13.8. The topological polar surface area (TPSA) is 82.2 Å². The Morgan fingerprint density at radius 1 is 1.25 bits per heavy atom. The number of hydrogen-bond acceptors (Lipinski definition) is 5. The third kappa shape index (κ3) is 2.44. The van der Waals surface area contributed by atoms with Crippen LogP contribution in [-0.4, -0.2) is 19.8 Å². The highest BCUT2D eigenvalue weighted by atomic mass is 79.9. The number of rotatable bonds is 3. The number of nitrogens with zero attached hydrogens (tertiary/aromatic N) is 4. The average molecular weight is 388 g/mol. The lowest BCUT2D eigenvalue weighted by Gasteiger charge is -2.00. The second-order valence-electron chi connectivity index (χ2n) is 5.22. The van der Waals surface area contributed by atoms with Crippen molar-refractivity contribution in [2.45, 2.75) is 6.42 Å². The quantitative estimate of drug-likeness (QED) is 0.581. The van der Waals surface area contributed by atoms with Crippen molar-refractivity contribution >= 4 is 27.3 Å². The maximum atomic E-state index is 13.8. The summed E-state index contributed by atoms with van der Waals surface area (Å²) in [5, 5.41) is 8.17. The molecule has 24 heavy (non-hydrogen) atoms. The summed E-state index contributed by atoms with van der Waals surface area (Å²) < 4.78 is 21.7. The molecule has 120 valence electrons. The molecule has 0 radical (unpaired) electrons. The van der Waals surface area contributed by atoms with Gasteiger partial charge in [-0.05, 0) is 34.1 Å². The molecule has 0 aliphatic heterocycles. The molecule has 0 aliphatic rings. The van der Waals surface area contributed by atoms with E-state index in [0.717, 1.165) is 10.2 Å². The Morgan fingerprint density at radius 3 is 2.92 bits per heavy atom. The Morgan fingerprint density at radius 2 is 2.08 bits per heavy atom. The Labute approximate surface area is 144 Å². The lowest BCUT2D eigenvalue weighted by Crippen LogP contribution is -2.02. The minimum atomic E-state index is -0.339. The summed E-state index contributed by atoms with van der Waals surface area (Å²) in [5.41, 5.74) is 8.28. The van der Waals surface area contributed by atoms with Gasteiger partial charge in [0, 0.05) is 16.1 Å². The summed E-state index contributed by atoms with van der Waals surface area (Å²) in [4.78, 5) is 3.98. The fraction of sp³-hybridized carbons (Fsp3) is 0.0625. The molecule has 1 aromatic carbocycles. The van der Waals surface area contributed by atoms with E-state index in [1.54, 1.807) is 28.8 Å². The van der Waals surface area contributed by atoms with Gasteiger partial charge in [0.15, 0.2) is 5.82 Å². The summed E-state index contributed by atoms with van der Waals surface area (Å²) in [7, 11) is 0. The van der Waals surface area contributed by atoms with Crippen molar-refractivity contribution in [1.29, 1.82) is 0 Å². The van der Waals surface area contributed by atoms with Crippen LogP contribution in [0.4, 0.5) is 10.2 Å². The van der Waals surface area contributed by atoms with E-state index in [-0.39, 0.29) is 5.82 Å². The van der Waals surface area contributed by atoms with Crippen molar-refractivity contribution in [3.05, 3.63) is 64.5 Å². The van der Waals surface area contributed by atoms with Gasteiger partial charge in [-0.15, -0.1) is 0 Å². The first-order chi connectivity index (χ1) is 11.6. The Bertz CT molecular complexity index is 1040. The van der Waals surface area contributed by atoms with Crippen LogP contribution in [0, 0.1) is 5.82 Å². The Balaban J connectivity index is 1.70. The van der Waals surface area contributed by atoms with Crippen molar-refractivity contribution in [2.24, 2.45) is 0 Å². The summed E-state index contributed by atoms with van der Waals surface area (Å²) in [6, 6.07) is 10.1. The lowest BCUT2D eigenvalue weighted by molar-refractivity contribution is 0.390. The molecule has 3 aromatic heterocycles. The zero-order chi connectivity index (χ0) is 16.7. The van der Waals surface area contributed by atoms with Crippen LogP contribution in [0.5, 0.6) is 0 Å². The van der Waals surface area contributed by atoms with E-state index >= 15 is 0 Å². The second-order valence-corrected chi connectivity index (χ2v) is 6.08. The number of anilines is 1. The molecule has 3 heterocycles. The number of nitrogen functional groups attached to an aromatic ring is 1. The minimum absolute atomic E-state index is 0.339. The molecule has 0 saturated carbocycles. The fourth-order valence-corrected chi connectivity index (χ4v) is 3.22. The zero-order valence-electron chi connectivity index (χ0n) is 12.3. The third-order valence-electron chi connectivity index (χ3n) is 3.67. The van der Waals surface area contributed by atoms with Gasteiger partial charge in [0.25, 0.3) is 0 Å². The van der Waals surface area contributed by atoms with E-state index < -0.39 is 0 Å². The van der Waals surface area contributed by atoms with Crippen LogP contribution in [0.2, 0.25) is 0 Å². The lowest BCUT2D eigenvalue weighted by atomic mass is 10.1. The van der Waals surface area contributed by atoms with Gasteiger partial charge in [0.1, 0.15) is 29.1 Å². The van der Waals surface area contributed by atoms with Gasteiger partial charge in [0.05, 0.1) is 12.1 Å². The highest BCUT2D eigenvalue weighted by Crippen LogP contribution is 2.28. The first-order valence-electron chi connectivity index (χ1n) is 7.10. The van der Waals surface area contributed by atoms with E-state index in [1.807, 2.05) is 6.07 Å². The van der Waals surface area contributed by atoms with E-state index in [9.17, 15) is 4.39 Å². The first kappa shape index (κ1) is 14.8. The van der Waals surface area contributed by atoms with E-state index in [0.29, 0.717) is 34.8 Å². The van der Waals surface area contributed by atoms with Crippen LogP contribution in [0.15, 0.2) is 51.7 Å². The molecule has 4 aromatic rings. The maximum Gasteiger partial charge on any atom is 0.152 e. The average Bonchev–Trinajstić information content (AvgIpc) is 3.14. The van der Waals surface area contributed by atoms with Crippen LogP contribution < -0.4 is 5.73 Å². The van der Waals surface area contributed by atoms with Gasteiger partial charge in [-0.3, -0.25) is 0 Å². The number of hydrogen-bond donors (Lipinski definition) is 1. The third-order valence-corrected chi connectivity index (χ3v) is 4.28. The van der Waals surface area contributed by atoms with Crippen LogP contribution in [0.3, 0.4) is 0 Å². The normalized spacial score (nSPS) is 11.2. The number of aromatic nitrogens is 4. The summed E-state index contributed by atoms with van der Waals surface area (Å²) >= 11 is 3.46. The van der Waals surface area contributed by atoms with Gasteiger partial charge in [-0.25, -0.2) is 13.9 Å². The highest BCUT2D eigenvalue weighted by molar-refractivity contribution is 9.10. The molecule has 0 amide bonds. The number of benzene rings is 1. The Kier molecular flexibility index (Phi) is 3.53. The number of fused-ring (bicyclic) bond motifs is 1. The van der Waals surface area contributed by atoms with Crippen molar-refractivity contribution in [3.8, 4) is 11.3 Å². The summed E-state index contributed by atoms with van der Waals surface area (Å²) in [6.07, 6.45) is 1.83. The molecule has 0 unspecified atom stereocenters. The molecular weight excluding hydrogens is 377 g/mol. The monoisotopic (exact) mass is 387 g/mol. The molecule has 0 aliphatic carbocycles. The molecular formula is C16H11BrFN5O. The highest BCUT2D eigenvalue weighted by Gasteiger charge is 2.15. The van der Waals surface area contributed by atoms with Gasteiger partial charge < -0.3 is 10.3 Å². The van der Waals surface area contributed by atoms with Crippen molar-refractivity contribution in [3.63, 3.8) is 0 Å². The van der Waals surface area contributed by atoms with Crippen LogP contribution >= 0.6 is 15.9 Å². The predicted molar refractivity (Wildman–Crippen MR) is 89.8 cm³/mol. The molecule has 0 atom stereocenters. The molecule has 0 spiro atoms. The zero-order valence-corrected chi connectivity index (χ0v) is 13.9. The molecule has 0 saturated heterocycles. The van der Waals surface area contributed by atoms with Crippen molar-refractivity contribution < 1.29 is 8.91 Å². The fourth-order valence-electron chi connectivity index (χ4n) is 2.58. The second kappa shape index (κ2) is 5.72. The van der Waals surface area contributed by atoms with Crippen LogP contribution in [-0.2, 0) is 6.42 Å². The largest absolute Gasteiger partial charge is 0.382 e. The van der Waals surface area contributed by atoms with E-state index in [1.165, 1.54) is 12.4 Å². The van der Waals surface area contributed by atoms with Crippen molar-refractivity contribution in [1.82, 2.24) is 19.8 Å². The van der Waals surface area contributed by atoms with E-state index in [2.05, 4.69) is 31.2 Å². The molecule has 2 N–H and O–H groups in total. The predicted octanol–water partition coefficient (Wildman–Crippen LogP) is 3.46. The SMILES string of the molecule is Nc1ncnn2c(Cc3cc(-c4ccccc4F)no3)cc(Br)c12. The smallest absolute Gasteiger partial charge is 0.152 e. The van der Waals surface area contributed by atoms with Gasteiger partial charge in [-0.1, -0.05) is 17.3 Å². The first-order valence-corrected chi connectivity index (χ1v) is 7.90. The summed E-state index contributed by atoms with van der Waals surface area (Å²) in [6.45, 7) is 0. The summed E-state index contributed by atoms with van der Waals surface area (Å²) in [5.74, 6) is 0.638. The van der Waals surface area contributed by atoms with Gasteiger partial charge in [0.2, 0.25) is 0 Å². The van der Waals surface area contributed by atoms with Crippen LogP contribution in [0.1, 0.15) is 11.5 Å². The number of nitrogens with two attached hydrogens (primary N) is 1. The van der Waals surface area contributed by atoms with Gasteiger partial charge >= 0.3 is 0 Å². The van der Waals surface area contributed by atoms with Crippen molar-refractivity contribution in [2.75, 3.05) is 5.73 Å². The molecule has 4 rings (SSSR count). The minimum Gasteiger partial charge on any atom is -0.382 e. The molecule has 6 nitrogen and oxygen atoms in total. The van der Waals surface area contributed by atoms with Crippen LogP contribution in [0.25, 0.3) is 16.8 Å². The van der Waals surface area contributed by atoms with E-state index in [4.69, 9.17) is 10.3 Å². The molecule has 8 heteroatoms. The molecule has 0 bridgehead atoms. The van der Waals surface area contributed by atoms with Gasteiger partial charge in [-0.2, -0.15) is 5.10 Å². The Hall–Kier alpha value is -2.74.